The van der Waals surface area contributed by atoms with Gasteiger partial charge in [0.15, 0.2) is 0 Å². The van der Waals surface area contributed by atoms with Gasteiger partial charge in [0.2, 0.25) is 5.89 Å². The Morgan fingerprint density at radius 1 is 0.970 bits per heavy atom. The van der Waals surface area contributed by atoms with Crippen LogP contribution in [0.5, 0.6) is 5.75 Å². The zero-order valence-electron chi connectivity index (χ0n) is 20.6. The number of nitrogens with zero attached hydrogens (tertiary/aromatic N) is 1. The average molecular weight is 448 g/mol. The second-order valence-corrected chi connectivity index (χ2v) is 8.76. The van der Waals surface area contributed by atoms with Gasteiger partial charge in [0.1, 0.15) is 17.3 Å². The van der Waals surface area contributed by atoms with Crippen molar-refractivity contribution < 1.29 is 13.9 Å². The van der Waals surface area contributed by atoms with Crippen LogP contribution in [0.3, 0.4) is 0 Å². The molecular weight excluding hydrogens is 410 g/mol. The summed E-state index contributed by atoms with van der Waals surface area (Å²) in [6, 6.07) is 14.7. The molecule has 33 heavy (non-hydrogen) atoms. The van der Waals surface area contributed by atoms with Gasteiger partial charge in [-0.25, -0.2) is 4.98 Å². The number of carbonyl (C=O) groups excluding carboxylic acids is 1. The normalized spacial score (nSPS) is 11.0. The predicted molar refractivity (Wildman–Crippen MR) is 134 cm³/mol. The Hall–Kier alpha value is -2.88. The molecule has 176 valence electrons. The van der Waals surface area contributed by atoms with E-state index in [4.69, 9.17) is 9.15 Å². The van der Waals surface area contributed by atoms with Crippen molar-refractivity contribution >= 4 is 5.78 Å². The summed E-state index contributed by atoms with van der Waals surface area (Å²) >= 11 is 0. The van der Waals surface area contributed by atoms with Crippen LogP contribution in [0.25, 0.3) is 11.5 Å². The minimum Gasteiger partial charge on any atom is -0.494 e. The predicted octanol–water partition coefficient (Wildman–Crippen LogP) is 7.22. The van der Waals surface area contributed by atoms with Crippen molar-refractivity contribution in [1.82, 2.24) is 4.98 Å². The molecule has 2 aromatic carbocycles. The lowest BCUT2D eigenvalue weighted by Gasteiger charge is -2.11. The Morgan fingerprint density at radius 3 is 2.48 bits per heavy atom. The standard InChI is InChI=1S/C29H37NO3/c1-5-10-24-18-17-23(20-28(24)32-6-2)12-8-14-26(31)15-9-16-27-22(4)33-29(30-27)25-13-7-11-21(3)19-25/h7,11,13,17-20H,5-6,8-10,12,14-16H2,1-4H3. The molecule has 0 aliphatic carbocycles. The van der Waals surface area contributed by atoms with Gasteiger partial charge in [0.05, 0.1) is 12.3 Å². The number of carbonyl (C=O) groups is 1. The van der Waals surface area contributed by atoms with E-state index in [0.717, 1.165) is 61.3 Å². The molecule has 0 saturated heterocycles. The van der Waals surface area contributed by atoms with E-state index < -0.39 is 0 Å². The van der Waals surface area contributed by atoms with Gasteiger partial charge in [0.25, 0.3) is 0 Å². The van der Waals surface area contributed by atoms with Crippen LogP contribution < -0.4 is 4.74 Å². The van der Waals surface area contributed by atoms with E-state index in [-0.39, 0.29) is 0 Å². The molecule has 1 aromatic heterocycles. The summed E-state index contributed by atoms with van der Waals surface area (Å²) < 4.78 is 11.7. The van der Waals surface area contributed by atoms with Crippen LogP contribution in [0.1, 0.15) is 74.1 Å². The van der Waals surface area contributed by atoms with Gasteiger partial charge in [0, 0.05) is 18.4 Å². The molecule has 4 heteroatoms. The smallest absolute Gasteiger partial charge is 0.226 e. The third-order valence-corrected chi connectivity index (χ3v) is 5.90. The van der Waals surface area contributed by atoms with Crippen LogP contribution in [0.15, 0.2) is 46.9 Å². The molecule has 0 aliphatic rings. The number of hydrogen-bond donors (Lipinski definition) is 0. The SMILES string of the molecule is CCCc1ccc(CCCC(=O)CCCc2nc(-c3cccc(C)c3)oc2C)cc1OCC. The Morgan fingerprint density at radius 2 is 1.76 bits per heavy atom. The number of aromatic nitrogens is 1. The highest BCUT2D eigenvalue weighted by Gasteiger charge is 2.12. The molecule has 3 aromatic rings. The number of rotatable bonds is 13. The van der Waals surface area contributed by atoms with Crippen LogP contribution >= 0.6 is 0 Å². The van der Waals surface area contributed by atoms with Gasteiger partial charge in [-0.2, -0.15) is 0 Å². The van der Waals surface area contributed by atoms with Crippen molar-refractivity contribution in [3.63, 3.8) is 0 Å². The van der Waals surface area contributed by atoms with Crippen molar-refractivity contribution in [2.24, 2.45) is 0 Å². The maximum atomic E-state index is 12.4. The molecule has 0 N–H and O–H groups in total. The van der Waals surface area contributed by atoms with Gasteiger partial charge in [-0.05, 0) is 82.2 Å². The fourth-order valence-corrected chi connectivity index (χ4v) is 4.15. The van der Waals surface area contributed by atoms with Crippen molar-refractivity contribution in [1.29, 1.82) is 0 Å². The van der Waals surface area contributed by atoms with Gasteiger partial charge < -0.3 is 9.15 Å². The average Bonchev–Trinajstić information content (AvgIpc) is 3.16. The molecular formula is C29H37NO3. The first-order chi connectivity index (χ1) is 16.0. The summed E-state index contributed by atoms with van der Waals surface area (Å²) in [5, 5.41) is 0. The van der Waals surface area contributed by atoms with Gasteiger partial charge >= 0.3 is 0 Å². The van der Waals surface area contributed by atoms with Crippen molar-refractivity contribution in [2.45, 2.75) is 79.1 Å². The van der Waals surface area contributed by atoms with E-state index in [1.165, 1.54) is 16.7 Å². The monoisotopic (exact) mass is 447 g/mol. The Kier molecular flexibility index (Phi) is 9.29. The number of Topliss-reactive ketones (excluding diaryl/α,β-unsaturated/α-hetero) is 1. The third-order valence-electron chi connectivity index (χ3n) is 5.90. The maximum absolute atomic E-state index is 12.4. The zero-order chi connectivity index (χ0) is 23.6. The number of benzene rings is 2. The van der Waals surface area contributed by atoms with Crippen LogP contribution in [0, 0.1) is 13.8 Å². The first-order valence-electron chi connectivity index (χ1n) is 12.3. The molecule has 0 aliphatic heterocycles. The summed E-state index contributed by atoms with van der Waals surface area (Å²) in [6.45, 7) is 8.89. The van der Waals surface area contributed by atoms with Gasteiger partial charge in [-0.15, -0.1) is 0 Å². The van der Waals surface area contributed by atoms with Crippen molar-refractivity contribution in [3.05, 3.63) is 70.6 Å². The number of aryl methyl sites for hydroxylation is 5. The van der Waals surface area contributed by atoms with Gasteiger partial charge in [-0.3, -0.25) is 4.79 Å². The van der Waals surface area contributed by atoms with E-state index in [9.17, 15) is 4.79 Å². The summed E-state index contributed by atoms with van der Waals surface area (Å²) in [6.07, 6.45) is 6.70. The summed E-state index contributed by atoms with van der Waals surface area (Å²) in [5.74, 6) is 2.82. The summed E-state index contributed by atoms with van der Waals surface area (Å²) in [4.78, 5) is 17.1. The molecule has 0 spiro atoms. The fraction of sp³-hybridized carbons (Fsp3) is 0.448. The number of hydrogen-bond acceptors (Lipinski definition) is 4. The lowest BCUT2D eigenvalue weighted by atomic mass is 10.0. The second kappa shape index (κ2) is 12.4. The van der Waals surface area contributed by atoms with E-state index in [0.29, 0.717) is 31.1 Å². The number of ketones is 1. The minimum absolute atomic E-state index is 0.322. The molecule has 1 heterocycles. The molecule has 0 unspecified atom stereocenters. The third kappa shape index (κ3) is 7.31. The van der Waals surface area contributed by atoms with Gasteiger partial charge in [-0.1, -0.05) is 43.2 Å². The molecule has 3 rings (SSSR count). The second-order valence-electron chi connectivity index (χ2n) is 8.76. The highest BCUT2D eigenvalue weighted by Crippen LogP contribution is 2.25. The van der Waals surface area contributed by atoms with Crippen molar-refractivity contribution in [3.8, 4) is 17.2 Å². The highest BCUT2D eigenvalue weighted by atomic mass is 16.5. The van der Waals surface area contributed by atoms with Crippen LogP contribution in [0.2, 0.25) is 0 Å². The van der Waals surface area contributed by atoms with E-state index in [1.807, 2.05) is 26.0 Å². The summed E-state index contributed by atoms with van der Waals surface area (Å²) in [7, 11) is 0. The lowest BCUT2D eigenvalue weighted by molar-refractivity contribution is -0.119. The van der Waals surface area contributed by atoms with Crippen LogP contribution in [-0.4, -0.2) is 17.4 Å². The Balaban J connectivity index is 1.44. The molecule has 0 fully saturated rings. The molecule has 4 nitrogen and oxygen atoms in total. The van der Waals surface area contributed by atoms with Crippen LogP contribution in [0.4, 0.5) is 0 Å². The van der Waals surface area contributed by atoms with E-state index >= 15 is 0 Å². The largest absolute Gasteiger partial charge is 0.494 e. The highest BCUT2D eigenvalue weighted by molar-refractivity contribution is 5.78. The minimum atomic E-state index is 0.322. The molecule has 0 amide bonds. The molecule has 0 atom stereocenters. The number of ether oxygens (including phenoxy) is 1. The Labute approximate surface area is 198 Å². The molecule has 0 bridgehead atoms. The fourth-order valence-electron chi connectivity index (χ4n) is 4.15. The quantitative estimate of drug-likeness (QED) is 0.277. The lowest BCUT2D eigenvalue weighted by Crippen LogP contribution is -2.01. The maximum Gasteiger partial charge on any atom is 0.226 e. The molecule has 0 saturated carbocycles. The molecule has 0 radical (unpaired) electrons. The topological polar surface area (TPSA) is 52.3 Å². The first kappa shape index (κ1) is 24.8. The first-order valence-corrected chi connectivity index (χ1v) is 12.3. The summed E-state index contributed by atoms with van der Waals surface area (Å²) in [5.41, 5.74) is 5.65. The van der Waals surface area contributed by atoms with Crippen molar-refractivity contribution in [2.75, 3.05) is 6.61 Å². The van der Waals surface area contributed by atoms with Crippen LogP contribution in [-0.2, 0) is 24.1 Å². The Bertz CT molecular complexity index is 1050. The zero-order valence-corrected chi connectivity index (χ0v) is 20.6. The van der Waals surface area contributed by atoms with E-state index in [2.05, 4.69) is 49.2 Å². The van der Waals surface area contributed by atoms with E-state index in [1.54, 1.807) is 0 Å². The number of oxazole rings is 1.